The first-order valence-electron chi connectivity index (χ1n) is 5.13. The number of sulfonamides is 1. The van der Waals surface area contributed by atoms with Gasteiger partial charge in [0.05, 0.1) is 4.92 Å². The van der Waals surface area contributed by atoms with Gasteiger partial charge in [0.1, 0.15) is 6.54 Å². The lowest BCUT2D eigenvalue weighted by molar-refractivity contribution is -0.388. The smallest absolute Gasteiger partial charge is 0.318 e. The van der Waals surface area contributed by atoms with Crippen molar-refractivity contribution in [2.75, 3.05) is 6.54 Å². The van der Waals surface area contributed by atoms with Crippen LogP contribution in [-0.2, 0) is 14.8 Å². The Morgan fingerprint density at radius 1 is 1.37 bits per heavy atom. The van der Waals surface area contributed by atoms with Crippen molar-refractivity contribution >= 4 is 21.7 Å². The van der Waals surface area contributed by atoms with Crippen LogP contribution in [0.15, 0.2) is 17.0 Å². The van der Waals surface area contributed by atoms with Gasteiger partial charge in [-0.3, -0.25) is 14.9 Å². The minimum Gasteiger partial charge on any atom is -0.480 e. The van der Waals surface area contributed by atoms with E-state index in [0.29, 0.717) is 0 Å². The normalized spacial score (nSPS) is 11.3. The van der Waals surface area contributed by atoms with Crippen LogP contribution in [0.4, 0.5) is 5.69 Å². The maximum absolute atomic E-state index is 12.0. The Morgan fingerprint density at radius 2 is 1.89 bits per heavy atom. The molecule has 0 unspecified atom stereocenters. The molecule has 0 radical (unpaired) electrons. The zero-order chi connectivity index (χ0) is 14.8. The van der Waals surface area contributed by atoms with Crippen molar-refractivity contribution in [2.45, 2.75) is 18.7 Å². The number of aryl methyl sites for hydroxylation is 2. The topological polar surface area (TPSA) is 127 Å². The summed E-state index contributed by atoms with van der Waals surface area (Å²) in [5.74, 6) is -1.38. The molecule has 1 aromatic rings. The van der Waals surface area contributed by atoms with Crippen LogP contribution < -0.4 is 4.72 Å². The molecule has 9 heteroatoms. The summed E-state index contributed by atoms with van der Waals surface area (Å²) in [5.41, 5.74) is -0.181. The third-order valence-corrected chi connectivity index (χ3v) is 3.97. The van der Waals surface area contributed by atoms with Crippen molar-refractivity contribution < 1.29 is 23.2 Å². The third kappa shape index (κ3) is 3.26. The highest BCUT2D eigenvalue weighted by atomic mass is 32.2. The molecule has 0 aliphatic heterocycles. The summed E-state index contributed by atoms with van der Waals surface area (Å²) in [6.07, 6.45) is 0. The Hall–Kier alpha value is -2.00. The van der Waals surface area contributed by atoms with Crippen LogP contribution in [0.3, 0.4) is 0 Å². The zero-order valence-corrected chi connectivity index (χ0v) is 11.0. The van der Waals surface area contributed by atoms with Gasteiger partial charge in [-0.15, -0.1) is 0 Å². The summed E-state index contributed by atoms with van der Waals surface area (Å²) in [7, 11) is -4.26. The van der Waals surface area contributed by atoms with Crippen LogP contribution >= 0.6 is 0 Å². The molecule has 0 saturated heterocycles. The Morgan fingerprint density at radius 3 is 2.37 bits per heavy atom. The monoisotopic (exact) mass is 288 g/mol. The molecule has 0 bridgehead atoms. The Kier molecular flexibility index (Phi) is 4.22. The van der Waals surface area contributed by atoms with Gasteiger partial charge in [0.2, 0.25) is 10.0 Å². The number of rotatable bonds is 5. The number of nitro groups is 1. The molecule has 1 aromatic carbocycles. The molecule has 0 aromatic heterocycles. The van der Waals surface area contributed by atoms with Gasteiger partial charge in [-0.25, -0.2) is 8.42 Å². The molecule has 0 saturated carbocycles. The standard InChI is InChI=1S/C10H12N2O6S/c1-6-3-4-7(2)10(9(6)12(15)16)19(17,18)11-5-8(13)14/h3-4,11H,5H2,1-2H3,(H,13,14). The summed E-state index contributed by atoms with van der Waals surface area (Å²) >= 11 is 0. The number of carboxylic acids is 1. The lowest BCUT2D eigenvalue weighted by atomic mass is 10.1. The molecule has 0 atom stereocenters. The van der Waals surface area contributed by atoms with Crippen molar-refractivity contribution in [3.05, 3.63) is 33.4 Å². The zero-order valence-electron chi connectivity index (χ0n) is 10.2. The van der Waals surface area contributed by atoms with Gasteiger partial charge >= 0.3 is 5.97 Å². The number of nitrogens with zero attached hydrogens (tertiary/aromatic N) is 1. The summed E-state index contributed by atoms with van der Waals surface area (Å²) in [6, 6.07) is 2.86. The Labute approximate surface area is 109 Å². The summed E-state index contributed by atoms with van der Waals surface area (Å²) < 4.78 is 25.7. The van der Waals surface area contributed by atoms with E-state index >= 15 is 0 Å². The molecular weight excluding hydrogens is 276 g/mol. The van der Waals surface area contributed by atoms with Crippen molar-refractivity contribution in [3.8, 4) is 0 Å². The maximum atomic E-state index is 12.0. The summed E-state index contributed by atoms with van der Waals surface area (Å²) in [4.78, 5) is 20.1. The van der Waals surface area contributed by atoms with E-state index in [4.69, 9.17) is 5.11 Å². The van der Waals surface area contributed by atoms with Gasteiger partial charge in [-0.2, -0.15) is 4.72 Å². The van der Waals surface area contributed by atoms with E-state index in [1.54, 1.807) is 4.72 Å². The van der Waals surface area contributed by atoms with Crippen LogP contribution in [0, 0.1) is 24.0 Å². The van der Waals surface area contributed by atoms with Crippen molar-refractivity contribution in [1.29, 1.82) is 0 Å². The average molecular weight is 288 g/mol. The van der Waals surface area contributed by atoms with Gasteiger partial charge in [0.15, 0.2) is 4.90 Å². The highest BCUT2D eigenvalue weighted by Crippen LogP contribution is 2.30. The molecular formula is C10H12N2O6S. The first kappa shape index (κ1) is 15.1. The van der Waals surface area contributed by atoms with E-state index in [9.17, 15) is 23.3 Å². The predicted molar refractivity (Wildman–Crippen MR) is 65.4 cm³/mol. The Bertz CT molecular complexity index is 638. The van der Waals surface area contributed by atoms with Gasteiger partial charge in [0.25, 0.3) is 5.69 Å². The van der Waals surface area contributed by atoms with Crippen molar-refractivity contribution in [2.24, 2.45) is 0 Å². The largest absolute Gasteiger partial charge is 0.480 e. The molecule has 8 nitrogen and oxygen atoms in total. The fourth-order valence-electron chi connectivity index (χ4n) is 1.57. The molecule has 0 fully saturated rings. The first-order valence-corrected chi connectivity index (χ1v) is 6.61. The minimum absolute atomic E-state index is 0.176. The number of hydrogen-bond acceptors (Lipinski definition) is 5. The first-order chi connectivity index (χ1) is 8.66. The van der Waals surface area contributed by atoms with Crippen LogP contribution in [0.25, 0.3) is 0 Å². The number of aliphatic carboxylic acids is 1. The quantitative estimate of drug-likeness (QED) is 0.602. The molecule has 19 heavy (non-hydrogen) atoms. The van der Waals surface area contributed by atoms with Crippen molar-refractivity contribution in [3.63, 3.8) is 0 Å². The molecule has 0 heterocycles. The second kappa shape index (κ2) is 5.33. The average Bonchev–Trinajstić information content (AvgIpc) is 2.28. The van der Waals surface area contributed by atoms with Gasteiger partial charge < -0.3 is 5.11 Å². The number of nitro benzene ring substituents is 1. The fourth-order valence-corrected chi connectivity index (χ4v) is 3.01. The van der Waals surface area contributed by atoms with Gasteiger partial charge in [0, 0.05) is 5.56 Å². The summed E-state index contributed by atoms with van der Waals surface area (Å²) in [6.45, 7) is 1.97. The van der Waals surface area contributed by atoms with E-state index in [1.807, 2.05) is 0 Å². The minimum atomic E-state index is -4.26. The second-order valence-electron chi connectivity index (χ2n) is 3.85. The van der Waals surface area contributed by atoms with Crippen LogP contribution in [0.1, 0.15) is 11.1 Å². The molecule has 0 amide bonds. The lowest BCUT2D eigenvalue weighted by Gasteiger charge is -2.10. The van der Waals surface area contributed by atoms with E-state index in [1.165, 1.54) is 26.0 Å². The number of carboxylic acid groups (broad SMARTS) is 1. The molecule has 2 N–H and O–H groups in total. The Balaban J connectivity index is 3.45. The van der Waals surface area contributed by atoms with E-state index < -0.39 is 38.0 Å². The van der Waals surface area contributed by atoms with Crippen LogP contribution in [-0.4, -0.2) is 31.0 Å². The summed E-state index contributed by atoms with van der Waals surface area (Å²) in [5, 5.41) is 19.4. The molecule has 0 aliphatic carbocycles. The maximum Gasteiger partial charge on any atom is 0.318 e. The van der Waals surface area contributed by atoms with Gasteiger partial charge in [-0.1, -0.05) is 12.1 Å². The highest BCUT2D eigenvalue weighted by molar-refractivity contribution is 7.89. The van der Waals surface area contributed by atoms with Gasteiger partial charge in [-0.05, 0) is 19.4 Å². The predicted octanol–water partition coefficient (Wildman–Crippen LogP) is 0.575. The molecule has 104 valence electrons. The third-order valence-electron chi connectivity index (χ3n) is 2.39. The number of hydrogen-bond donors (Lipinski definition) is 2. The number of benzene rings is 1. The number of nitrogens with one attached hydrogen (secondary N) is 1. The SMILES string of the molecule is Cc1ccc(C)c(S(=O)(=O)NCC(=O)O)c1[N+](=O)[O-]. The highest BCUT2D eigenvalue weighted by Gasteiger charge is 2.30. The molecule has 0 aliphatic rings. The van der Waals surface area contributed by atoms with E-state index in [0.717, 1.165) is 0 Å². The number of carbonyl (C=O) groups is 1. The van der Waals surface area contributed by atoms with E-state index in [2.05, 4.69) is 0 Å². The van der Waals surface area contributed by atoms with Crippen LogP contribution in [0.2, 0.25) is 0 Å². The fraction of sp³-hybridized carbons (Fsp3) is 0.300. The lowest BCUT2D eigenvalue weighted by Crippen LogP contribution is -2.30. The molecule has 0 spiro atoms. The second-order valence-corrected chi connectivity index (χ2v) is 5.56. The van der Waals surface area contributed by atoms with Crippen LogP contribution in [0.5, 0.6) is 0 Å². The molecule has 1 rings (SSSR count). The van der Waals surface area contributed by atoms with Crippen molar-refractivity contribution in [1.82, 2.24) is 4.72 Å². The van der Waals surface area contributed by atoms with E-state index in [-0.39, 0.29) is 11.1 Å².